The van der Waals surface area contributed by atoms with Crippen LogP contribution in [0.25, 0.3) is 10.4 Å². The van der Waals surface area contributed by atoms with E-state index in [1.807, 2.05) is 0 Å². The van der Waals surface area contributed by atoms with E-state index >= 15 is 0 Å². The number of benzene rings is 1. The Balaban J connectivity index is 2.14. The van der Waals surface area contributed by atoms with Crippen LogP contribution in [0.1, 0.15) is 23.7 Å². The summed E-state index contributed by atoms with van der Waals surface area (Å²) in [4.78, 5) is 28.1. The van der Waals surface area contributed by atoms with Gasteiger partial charge in [0.2, 0.25) is 5.91 Å². The second-order valence-electron chi connectivity index (χ2n) is 4.76. The molecule has 1 saturated heterocycles. The summed E-state index contributed by atoms with van der Waals surface area (Å²) in [5.74, 6) is -0.426. The summed E-state index contributed by atoms with van der Waals surface area (Å²) < 4.78 is 4.95. The number of hydrogen-bond acceptors (Lipinski definition) is 4. The Bertz CT molecular complexity index is 596. The minimum atomic E-state index is -0.406. The van der Waals surface area contributed by atoms with Crippen molar-refractivity contribution in [2.75, 3.05) is 24.6 Å². The van der Waals surface area contributed by atoms with Crippen LogP contribution in [-0.2, 0) is 9.53 Å². The van der Waals surface area contributed by atoms with E-state index in [2.05, 4.69) is 10.0 Å². The summed E-state index contributed by atoms with van der Waals surface area (Å²) in [5, 5.41) is 3.51. The summed E-state index contributed by atoms with van der Waals surface area (Å²) >= 11 is 0. The summed E-state index contributed by atoms with van der Waals surface area (Å²) in [5.41, 5.74) is 9.41. The van der Waals surface area contributed by atoms with Crippen LogP contribution in [0.3, 0.4) is 0 Å². The van der Waals surface area contributed by atoms with Gasteiger partial charge in [0.15, 0.2) is 0 Å². The molecule has 1 aliphatic rings. The van der Waals surface area contributed by atoms with Crippen molar-refractivity contribution >= 4 is 17.6 Å². The van der Waals surface area contributed by atoms with Crippen molar-refractivity contribution in [3.05, 3.63) is 40.3 Å². The number of anilines is 1. The highest BCUT2D eigenvalue weighted by Crippen LogP contribution is 2.26. The zero-order valence-electron chi connectivity index (χ0n) is 11.7. The smallest absolute Gasteiger partial charge is 0.338 e. The van der Waals surface area contributed by atoms with Crippen LogP contribution < -0.4 is 4.90 Å². The molecule has 7 heteroatoms. The molecular weight excluding hydrogens is 272 g/mol. The first-order valence-electron chi connectivity index (χ1n) is 6.74. The molecule has 1 aromatic carbocycles. The number of hydrogen-bond donors (Lipinski definition) is 0. The highest BCUT2D eigenvalue weighted by molar-refractivity contribution is 5.97. The Morgan fingerprint density at radius 3 is 3.10 bits per heavy atom. The molecule has 1 amide bonds. The quantitative estimate of drug-likeness (QED) is 0.360. The second kappa shape index (κ2) is 6.76. The predicted octanol–water partition coefficient (Wildman–Crippen LogP) is 2.53. The number of amides is 1. The van der Waals surface area contributed by atoms with Crippen LogP contribution >= 0.6 is 0 Å². The van der Waals surface area contributed by atoms with Gasteiger partial charge in [-0.25, -0.2) is 4.79 Å². The third-order valence-corrected chi connectivity index (χ3v) is 3.28. The molecule has 1 heterocycles. The van der Waals surface area contributed by atoms with Gasteiger partial charge in [0.25, 0.3) is 0 Å². The average molecular weight is 288 g/mol. The van der Waals surface area contributed by atoms with Crippen LogP contribution in [0.4, 0.5) is 5.69 Å². The molecule has 110 valence electrons. The third kappa shape index (κ3) is 3.52. The summed E-state index contributed by atoms with van der Waals surface area (Å²) in [7, 11) is 0. The lowest BCUT2D eigenvalue weighted by molar-refractivity contribution is -0.117. The summed E-state index contributed by atoms with van der Waals surface area (Å²) in [6.07, 6.45) is 0.350. The van der Waals surface area contributed by atoms with Gasteiger partial charge >= 0.3 is 5.97 Å². The first-order valence-corrected chi connectivity index (χ1v) is 6.74. The number of carbonyl (C=O) groups excluding carboxylic acids is 2. The van der Waals surface area contributed by atoms with Crippen molar-refractivity contribution < 1.29 is 14.3 Å². The maximum Gasteiger partial charge on any atom is 0.338 e. The molecule has 1 aliphatic heterocycles. The van der Waals surface area contributed by atoms with Gasteiger partial charge in [-0.1, -0.05) is 11.2 Å². The Hall–Kier alpha value is -2.53. The molecule has 1 aromatic rings. The van der Waals surface area contributed by atoms with Gasteiger partial charge in [-0.3, -0.25) is 4.79 Å². The molecule has 1 fully saturated rings. The average Bonchev–Trinajstić information content (AvgIpc) is 2.86. The number of esters is 1. The van der Waals surface area contributed by atoms with E-state index in [4.69, 9.17) is 10.3 Å². The normalized spacial score (nSPS) is 17.5. The monoisotopic (exact) mass is 288 g/mol. The van der Waals surface area contributed by atoms with Crippen LogP contribution in [0.15, 0.2) is 29.4 Å². The fourth-order valence-corrected chi connectivity index (χ4v) is 2.32. The number of ether oxygens (including phenoxy) is 1. The molecule has 1 atom stereocenters. The topological polar surface area (TPSA) is 95.4 Å². The van der Waals surface area contributed by atoms with Gasteiger partial charge in [-0.05, 0) is 36.6 Å². The van der Waals surface area contributed by atoms with Crippen molar-refractivity contribution in [3.8, 4) is 0 Å². The van der Waals surface area contributed by atoms with Crippen LogP contribution in [0.2, 0.25) is 0 Å². The molecule has 0 radical (unpaired) electrons. The molecule has 0 aromatic heterocycles. The molecule has 2 rings (SSSR count). The lowest BCUT2D eigenvalue weighted by Crippen LogP contribution is -2.25. The highest BCUT2D eigenvalue weighted by atomic mass is 16.5. The van der Waals surface area contributed by atoms with Crippen molar-refractivity contribution in [2.45, 2.75) is 13.3 Å². The van der Waals surface area contributed by atoms with Gasteiger partial charge in [0.05, 0.1) is 12.2 Å². The van der Waals surface area contributed by atoms with Crippen LogP contribution in [0.5, 0.6) is 0 Å². The molecule has 0 N–H and O–H groups in total. The van der Waals surface area contributed by atoms with E-state index in [-0.39, 0.29) is 11.8 Å². The fourth-order valence-electron chi connectivity index (χ4n) is 2.32. The van der Waals surface area contributed by atoms with Crippen LogP contribution in [-0.4, -0.2) is 31.6 Å². The standard InChI is InChI=1S/C14H16N4O3/c1-2-21-14(20)11-4-3-5-12(7-11)18-9-10(6-13(18)19)8-16-17-15/h3-5,7,10H,2,6,8-9H2,1H3. The molecule has 0 aliphatic carbocycles. The molecule has 0 bridgehead atoms. The maximum atomic E-state index is 12.0. The van der Waals surface area contributed by atoms with E-state index < -0.39 is 5.97 Å². The lowest BCUT2D eigenvalue weighted by Gasteiger charge is -2.17. The van der Waals surface area contributed by atoms with E-state index in [9.17, 15) is 9.59 Å². The SMILES string of the molecule is CCOC(=O)c1cccc(N2CC(CN=[N+]=[N-])CC2=O)c1. The predicted molar refractivity (Wildman–Crippen MR) is 76.9 cm³/mol. The van der Waals surface area contributed by atoms with E-state index in [0.717, 1.165) is 0 Å². The zero-order chi connectivity index (χ0) is 15.2. The molecule has 0 spiro atoms. The number of azide groups is 1. The molecule has 21 heavy (non-hydrogen) atoms. The molecule has 7 nitrogen and oxygen atoms in total. The lowest BCUT2D eigenvalue weighted by atomic mass is 10.1. The first-order chi connectivity index (χ1) is 10.2. The van der Waals surface area contributed by atoms with Crippen LogP contribution in [0, 0.1) is 5.92 Å². The zero-order valence-corrected chi connectivity index (χ0v) is 11.7. The maximum absolute atomic E-state index is 12.0. The van der Waals surface area contributed by atoms with Gasteiger partial charge in [0.1, 0.15) is 0 Å². The Labute approximate surface area is 122 Å². The molecular formula is C14H16N4O3. The van der Waals surface area contributed by atoms with Gasteiger partial charge < -0.3 is 9.64 Å². The fraction of sp³-hybridized carbons (Fsp3) is 0.429. The minimum Gasteiger partial charge on any atom is -0.462 e. The highest BCUT2D eigenvalue weighted by Gasteiger charge is 2.30. The third-order valence-electron chi connectivity index (χ3n) is 3.28. The van der Waals surface area contributed by atoms with Gasteiger partial charge in [-0.2, -0.15) is 0 Å². The van der Waals surface area contributed by atoms with Crippen molar-refractivity contribution in [1.29, 1.82) is 0 Å². The number of carbonyl (C=O) groups is 2. The van der Waals surface area contributed by atoms with Gasteiger partial charge in [0, 0.05) is 30.1 Å². The number of rotatable bonds is 5. The van der Waals surface area contributed by atoms with E-state index in [1.54, 1.807) is 36.1 Å². The molecule has 1 unspecified atom stereocenters. The summed E-state index contributed by atoms with van der Waals surface area (Å²) in [6, 6.07) is 6.79. The Morgan fingerprint density at radius 2 is 2.38 bits per heavy atom. The largest absolute Gasteiger partial charge is 0.462 e. The Kier molecular flexibility index (Phi) is 4.79. The van der Waals surface area contributed by atoms with E-state index in [1.165, 1.54) is 0 Å². The van der Waals surface area contributed by atoms with Crippen molar-refractivity contribution in [3.63, 3.8) is 0 Å². The number of nitrogens with zero attached hydrogens (tertiary/aromatic N) is 4. The summed E-state index contributed by atoms with van der Waals surface area (Å²) in [6.45, 7) is 2.84. The van der Waals surface area contributed by atoms with Crippen molar-refractivity contribution in [1.82, 2.24) is 0 Å². The first kappa shape index (κ1) is 14.9. The second-order valence-corrected chi connectivity index (χ2v) is 4.76. The van der Waals surface area contributed by atoms with Gasteiger partial charge in [-0.15, -0.1) is 0 Å². The Morgan fingerprint density at radius 1 is 1.57 bits per heavy atom. The van der Waals surface area contributed by atoms with Crippen molar-refractivity contribution in [2.24, 2.45) is 11.0 Å². The minimum absolute atomic E-state index is 0.0136. The molecule has 0 saturated carbocycles. The van der Waals surface area contributed by atoms with E-state index in [0.29, 0.717) is 37.4 Å².